The number of hydrogen-bond donors (Lipinski definition) is 3. The van der Waals surface area contributed by atoms with Crippen LogP contribution in [0.2, 0.25) is 0 Å². The number of benzene rings is 1. The highest BCUT2D eigenvalue weighted by Crippen LogP contribution is 2.54. The molecule has 11 nitrogen and oxygen atoms in total. The van der Waals surface area contributed by atoms with Crippen LogP contribution in [-0.2, 0) is 14.8 Å². The summed E-state index contributed by atoms with van der Waals surface area (Å²) in [7, 11) is -3.70. The summed E-state index contributed by atoms with van der Waals surface area (Å²) in [5, 5.41) is 12.1. The fraction of sp³-hybridized carbons (Fsp3) is 0.593. The number of nitrogens with one attached hydrogen (secondary N) is 2. The summed E-state index contributed by atoms with van der Waals surface area (Å²) in [5.74, 6) is 0.301. The molecule has 4 aliphatic rings. The minimum Gasteiger partial charge on any atom is -0.395 e. The van der Waals surface area contributed by atoms with Crippen molar-refractivity contribution in [2.24, 2.45) is 5.41 Å². The molecule has 0 unspecified atom stereocenters. The quantitative estimate of drug-likeness (QED) is 0.448. The standard InChI is InChI=1S/C27H36N6O5S/c1-19-16-23(30-25(28-19)33-12-14-38-27(18-33)6-7-27)29-24(35)21-3-2-20(31-39(36,37)15-13-34)17-22(21)32-10-8-26(4-5-26)9-11-32/h2-3,16-17,31,34H,4-15,18H2,1H3,(H,28,29,30,35). The maximum absolute atomic E-state index is 13.6. The third kappa shape index (κ3) is 5.82. The number of nitrogens with zero attached hydrogens (tertiary/aromatic N) is 4. The van der Waals surface area contributed by atoms with Gasteiger partial charge in [-0.25, -0.2) is 13.4 Å². The lowest BCUT2D eigenvalue weighted by atomic mass is 9.93. The first-order valence-electron chi connectivity index (χ1n) is 13.7. The molecule has 3 N–H and O–H groups in total. The second-order valence-electron chi connectivity index (χ2n) is 11.5. The SMILES string of the molecule is Cc1cc(NC(=O)c2ccc(NS(=O)(=O)CCO)cc2N2CCC3(CC2)CC3)nc(N2CCOC3(CC3)C2)n1. The van der Waals surface area contributed by atoms with Gasteiger partial charge in [0.05, 0.1) is 41.5 Å². The molecule has 2 saturated carbocycles. The van der Waals surface area contributed by atoms with Gasteiger partial charge in [0, 0.05) is 37.9 Å². The van der Waals surface area contributed by atoms with E-state index < -0.39 is 22.4 Å². The summed E-state index contributed by atoms with van der Waals surface area (Å²) in [5.41, 5.74) is 2.63. The van der Waals surface area contributed by atoms with Crippen molar-refractivity contribution in [3.63, 3.8) is 0 Å². The van der Waals surface area contributed by atoms with Gasteiger partial charge in [0.25, 0.3) is 5.91 Å². The van der Waals surface area contributed by atoms with Gasteiger partial charge in [-0.3, -0.25) is 9.52 Å². The van der Waals surface area contributed by atoms with Gasteiger partial charge < -0.3 is 25.0 Å². The molecule has 4 fully saturated rings. The number of carbonyl (C=O) groups is 1. The van der Waals surface area contributed by atoms with Crippen molar-refractivity contribution in [1.29, 1.82) is 0 Å². The van der Waals surface area contributed by atoms with Crippen LogP contribution in [0.4, 0.5) is 23.1 Å². The van der Waals surface area contributed by atoms with Gasteiger partial charge in [0.1, 0.15) is 5.82 Å². The summed E-state index contributed by atoms with van der Waals surface area (Å²) >= 11 is 0. The average Bonchev–Trinajstić information content (AvgIpc) is 3.83. The topological polar surface area (TPSA) is 137 Å². The van der Waals surface area contributed by atoms with Crippen LogP contribution in [0.5, 0.6) is 0 Å². The molecule has 2 aliphatic heterocycles. The first kappa shape index (κ1) is 26.3. The first-order chi connectivity index (χ1) is 18.7. The van der Waals surface area contributed by atoms with E-state index in [9.17, 15) is 13.2 Å². The largest absolute Gasteiger partial charge is 0.395 e. The van der Waals surface area contributed by atoms with Crippen LogP contribution in [0.15, 0.2) is 24.3 Å². The number of aromatic nitrogens is 2. The third-order valence-electron chi connectivity index (χ3n) is 8.42. The number of anilines is 4. The van der Waals surface area contributed by atoms with E-state index in [2.05, 4.69) is 29.8 Å². The Morgan fingerprint density at radius 1 is 1.05 bits per heavy atom. The van der Waals surface area contributed by atoms with Crippen molar-refractivity contribution >= 4 is 39.1 Å². The molecule has 12 heteroatoms. The predicted molar refractivity (Wildman–Crippen MR) is 149 cm³/mol. The molecule has 2 spiro atoms. The number of carbonyl (C=O) groups excluding carboxylic acids is 1. The van der Waals surface area contributed by atoms with Crippen molar-refractivity contribution in [2.75, 3.05) is 65.0 Å². The van der Waals surface area contributed by atoms with E-state index in [1.165, 1.54) is 12.8 Å². The lowest BCUT2D eigenvalue weighted by Gasteiger charge is -2.35. The van der Waals surface area contributed by atoms with Gasteiger partial charge in [0.2, 0.25) is 16.0 Å². The van der Waals surface area contributed by atoms with Crippen LogP contribution in [0, 0.1) is 12.3 Å². The maximum atomic E-state index is 13.6. The van der Waals surface area contributed by atoms with Crippen molar-refractivity contribution in [3.8, 4) is 0 Å². The van der Waals surface area contributed by atoms with E-state index in [0.29, 0.717) is 47.3 Å². The number of aliphatic hydroxyl groups is 1. The molecule has 6 rings (SSSR count). The second-order valence-corrected chi connectivity index (χ2v) is 13.3. The summed E-state index contributed by atoms with van der Waals surface area (Å²) < 4.78 is 33.0. The molecule has 0 bridgehead atoms. The van der Waals surface area contributed by atoms with Crippen molar-refractivity contribution < 1.29 is 23.1 Å². The molecule has 1 aromatic carbocycles. The van der Waals surface area contributed by atoms with E-state index in [0.717, 1.165) is 51.0 Å². The molecule has 2 aliphatic carbocycles. The van der Waals surface area contributed by atoms with Crippen LogP contribution in [0.3, 0.4) is 0 Å². The molecule has 0 atom stereocenters. The minimum absolute atomic E-state index is 0.0718. The predicted octanol–water partition coefficient (Wildman–Crippen LogP) is 2.52. The van der Waals surface area contributed by atoms with E-state index in [-0.39, 0.29) is 11.5 Å². The van der Waals surface area contributed by atoms with Crippen molar-refractivity contribution in [2.45, 2.75) is 51.0 Å². The highest BCUT2D eigenvalue weighted by molar-refractivity contribution is 7.92. The molecule has 1 aromatic heterocycles. The number of sulfonamides is 1. The molecule has 2 aromatic rings. The molecule has 0 radical (unpaired) electrons. The fourth-order valence-electron chi connectivity index (χ4n) is 5.70. The zero-order chi connectivity index (χ0) is 27.3. The number of amides is 1. The Morgan fingerprint density at radius 3 is 2.51 bits per heavy atom. The normalized spacial score (nSPS) is 21.2. The Kier molecular flexibility index (Phi) is 6.67. The number of aryl methyl sites for hydroxylation is 1. The molecule has 210 valence electrons. The molecule has 3 heterocycles. The maximum Gasteiger partial charge on any atom is 0.258 e. The van der Waals surface area contributed by atoms with Gasteiger partial charge in [-0.2, -0.15) is 4.98 Å². The Hall–Kier alpha value is -2.96. The second kappa shape index (κ2) is 9.90. The fourth-order valence-corrected chi connectivity index (χ4v) is 6.53. The summed E-state index contributed by atoms with van der Waals surface area (Å²) in [6.07, 6.45) is 6.73. The first-order valence-corrected chi connectivity index (χ1v) is 15.4. The summed E-state index contributed by atoms with van der Waals surface area (Å²) in [6, 6.07) is 6.70. The average molecular weight is 557 g/mol. The Labute approximate surface area is 229 Å². The summed E-state index contributed by atoms with van der Waals surface area (Å²) in [6.45, 7) is 5.11. The highest BCUT2D eigenvalue weighted by Gasteiger charge is 2.48. The van der Waals surface area contributed by atoms with Crippen molar-refractivity contribution in [3.05, 3.63) is 35.5 Å². The van der Waals surface area contributed by atoms with Crippen LogP contribution < -0.4 is 19.8 Å². The van der Waals surface area contributed by atoms with Crippen LogP contribution >= 0.6 is 0 Å². The van der Waals surface area contributed by atoms with Gasteiger partial charge in [0.15, 0.2) is 0 Å². The van der Waals surface area contributed by atoms with Crippen LogP contribution in [0.1, 0.15) is 54.6 Å². The molecule has 2 saturated heterocycles. The molecular weight excluding hydrogens is 520 g/mol. The number of ether oxygens (including phenoxy) is 1. The lowest BCUT2D eigenvalue weighted by molar-refractivity contribution is 0.0201. The smallest absolute Gasteiger partial charge is 0.258 e. The van der Waals surface area contributed by atoms with E-state index >= 15 is 0 Å². The monoisotopic (exact) mass is 556 g/mol. The highest BCUT2D eigenvalue weighted by atomic mass is 32.2. The summed E-state index contributed by atoms with van der Waals surface area (Å²) in [4.78, 5) is 27.2. The molecule has 39 heavy (non-hydrogen) atoms. The Morgan fingerprint density at radius 2 is 1.82 bits per heavy atom. The van der Waals surface area contributed by atoms with Gasteiger partial charge >= 0.3 is 0 Å². The number of morpholine rings is 1. The number of hydrogen-bond acceptors (Lipinski definition) is 9. The van der Waals surface area contributed by atoms with E-state index in [1.54, 1.807) is 24.3 Å². The third-order valence-corrected chi connectivity index (χ3v) is 9.69. The number of rotatable bonds is 8. The molecular formula is C27H36N6O5S. The number of aliphatic hydroxyl groups excluding tert-OH is 1. The Bertz CT molecular complexity index is 1360. The van der Waals surface area contributed by atoms with E-state index in [1.807, 2.05) is 6.92 Å². The van der Waals surface area contributed by atoms with Gasteiger partial charge in [-0.15, -0.1) is 0 Å². The molecule has 1 amide bonds. The lowest BCUT2D eigenvalue weighted by Crippen LogP contribution is -2.44. The Balaban J connectivity index is 1.25. The minimum atomic E-state index is -3.70. The zero-order valence-electron chi connectivity index (χ0n) is 22.3. The zero-order valence-corrected chi connectivity index (χ0v) is 23.1. The van der Waals surface area contributed by atoms with E-state index in [4.69, 9.17) is 9.84 Å². The van der Waals surface area contributed by atoms with Crippen LogP contribution in [0.25, 0.3) is 0 Å². The van der Waals surface area contributed by atoms with Gasteiger partial charge in [-0.1, -0.05) is 0 Å². The van der Waals surface area contributed by atoms with Gasteiger partial charge in [-0.05, 0) is 69.1 Å². The van der Waals surface area contributed by atoms with Crippen LogP contribution in [-0.4, -0.2) is 80.1 Å². The number of piperidine rings is 1. The van der Waals surface area contributed by atoms with Crippen molar-refractivity contribution in [1.82, 2.24) is 9.97 Å².